The van der Waals surface area contributed by atoms with Crippen LogP contribution in [0, 0.1) is 13.8 Å². The summed E-state index contributed by atoms with van der Waals surface area (Å²) in [6.07, 6.45) is 0.0880. The Morgan fingerprint density at radius 2 is 1.79 bits per heavy atom. The van der Waals surface area contributed by atoms with Crippen LogP contribution >= 0.6 is 23.2 Å². The molecule has 2 aromatic rings. The number of benzene rings is 2. The Morgan fingerprint density at radius 1 is 1.04 bits per heavy atom. The van der Waals surface area contributed by atoms with E-state index in [1.54, 1.807) is 24.3 Å². The van der Waals surface area contributed by atoms with E-state index in [9.17, 15) is 9.59 Å². The third-order valence-corrected chi connectivity index (χ3v) is 4.70. The minimum atomic E-state index is -0.641. The van der Waals surface area contributed by atoms with Crippen molar-refractivity contribution in [2.24, 2.45) is 0 Å². The minimum absolute atomic E-state index is 0.0880. The second-order valence-electron chi connectivity index (χ2n) is 5.86. The summed E-state index contributed by atoms with van der Waals surface area (Å²) < 4.78 is 0. The number of aryl methyl sites for hydroxylation is 2. The van der Waals surface area contributed by atoms with Crippen molar-refractivity contribution in [2.75, 3.05) is 10.2 Å². The average Bonchev–Trinajstić information content (AvgIpc) is 2.79. The fourth-order valence-corrected chi connectivity index (χ4v) is 3.14. The van der Waals surface area contributed by atoms with E-state index in [2.05, 4.69) is 5.32 Å². The number of hydrogen-bond donors (Lipinski definition) is 1. The van der Waals surface area contributed by atoms with Gasteiger partial charge in [-0.3, -0.25) is 9.59 Å². The first-order chi connectivity index (χ1) is 11.4. The maximum absolute atomic E-state index is 12.7. The molecule has 1 saturated heterocycles. The minimum Gasteiger partial charge on any atom is -0.372 e. The molecule has 0 aliphatic carbocycles. The first-order valence-corrected chi connectivity index (χ1v) is 8.28. The van der Waals surface area contributed by atoms with Crippen molar-refractivity contribution >= 4 is 46.4 Å². The van der Waals surface area contributed by atoms with E-state index in [0.717, 1.165) is 11.1 Å². The fourth-order valence-electron chi connectivity index (χ4n) is 2.67. The van der Waals surface area contributed by atoms with Gasteiger partial charge < -0.3 is 5.32 Å². The summed E-state index contributed by atoms with van der Waals surface area (Å²) in [6.45, 7) is 3.94. The smallest absolute Gasteiger partial charge is 0.256 e. The second kappa shape index (κ2) is 6.46. The van der Waals surface area contributed by atoms with Crippen molar-refractivity contribution in [3.63, 3.8) is 0 Å². The highest BCUT2D eigenvalue weighted by molar-refractivity contribution is 6.36. The monoisotopic (exact) mass is 362 g/mol. The molecule has 1 heterocycles. The van der Waals surface area contributed by atoms with Crippen molar-refractivity contribution in [3.05, 3.63) is 57.6 Å². The molecule has 0 bridgehead atoms. The van der Waals surface area contributed by atoms with Gasteiger partial charge >= 0.3 is 0 Å². The molecule has 0 unspecified atom stereocenters. The molecule has 2 aromatic carbocycles. The Bertz CT molecular complexity index is 836. The molecule has 1 N–H and O–H groups in total. The Kier molecular flexibility index (Phi) is 4.52. The molecule has 0 aromatic heterocycles. The maximum Gasteiger partial charge on any atom is 0.256 e. The topological polar surface area (TPSA) is 49.4 Å². The van der Waals surface area contributed by atoms with Crippen LogP contribution in [-0.4, -0.2) is 17.9 Å². The van der Waals surface area contributed by atoms with Gasteiger partial charge in [0.15, 0.2) is 0 Å². The van der Waals surface area contributed by atoms with Crippen LogP contribution in [0.5, 0.6) is 0 Å². The van der Waals surface area contributed by atoms with E-state index in [-0.39, 0.29) is 18.2 Å². The van der Waals surface area contributed by atoms with Gasteiger partial charge in [0.2, 0.25) is 5.91 Å². The molecule has 6 heteroatoms. The van der Waals surface area contributed by atoms with Crippen LogP contribution in [0.4, 0.5) is 11.4 Å². The van der Waals surface area contributed by atoms with Gasteiger partial charge in [0, 0.05) is 5.02 Å². The van der Waals surface area contributed by atoms with Gasteiger partial charge in [-0.05, 0) is 55.3 Å². The fraction of sp³-hybridized carbons (Fsp3) is 0.222. The molecule has 1 fully saturated rings. The number of carbonyl (C=O) groups excluding carboxylic acids is 2. The molecule has 0 spiro atoms. The number of anilines is 2. The van der Waals surface area contributed by atoms with E-state index in [1.807, 2.05) is 26.0 Å². The highest BCUT2D eigenvalue weighted by Gasteiger charge is 2.39. The predicted octanol–water partition coefficient (Wildman–Crippen LogP) is 4.35. The van der Waals surface area contributed by atoms with Crippen LogP contribution in [0.2, 0.25) is 10.0 Å². The molecule has 3 rings (SSSR count). The molecule has 1 aliphatic heterocycles. The molecule has 124 valence electrons. The lowest BCUT2D eigenvalue weighted by molar-refractivity contribution is -0.121. The lowest BCUT2D eigenvalue weighted by Crippen LogP contribution is -2.34. The van der Waals surface area contributed by atoms with Crippen molar-refractivity contribution in [1.29, 1.82) is 0 Å². The Hall–Kier alpha value is -2.04. The number of carbonyl (C=O) groups is 2. The number of rotatable bonds is 3. The summed E-state index contributed by atoms with van der Waals surface area (Å²) in [6, 6.07) is 9.87. The third kappa shape index (κ3) is 3.12. The highest BCUT2D eigenvalue weighted by atomic mass is 35.5. The van der Waals surface area contributed by atoms with Gasteiger partial charge in [0.05, 0.1) is 22.8 Å². The van der Waals surface area contributed by atoms with Crippen LogP contribution in [0.25, 0.3) is 0 Å². The number of nitrogens with one attached hydrogen (secondary N) is 1. The zero-order chi connectivity index (χ0) is 17.4. The van der Waals surface area contributed by atoms with Gasteiger partial charge in [-0.2, -0.15) is 0 Å². The Balaban J connectivity index is 1.84. The van der Waals surface area contributed by atoms with Gasteiger partial charge in [-0.15, -0.1) is 0 Å². The van der Waals surface area contributed by atoms with Gasteiger partial charge in [-0.1, -0.05) is 29.3 Å². The predicted molar refractivity (Wildman–Crippen MR) is 96.9 cm³/mol. The van der Waals surface area contributed by atoms with Crippen molar-refractivity contribution in [2.45, 2.75) is 26.3 Å². The van der Waals surface area contributed by atoms with Crippen LogP contribution < -0.4 is 10.2 Å². The molecule has 0 radical (unpaired) electrons. The molecule has 4 nitrogen and oxygen atoms in total. The third-order valence-electron chi connectivity index (χ3n) is 4.16. The van der Waals surface area contributed by atoms with E-state index in [1.165, 1.54) is 4.90 Å². The summed E-state index contributed by atoms with van der Waals surface area (Å²) in [7, 11) is 0. The van der Waals surface area contributed by atoms with Crippen molar-refractivity contribution in [1.82, 2.24) is 0 Å². The van der Waals surface area contributed by atoms with Gasteiger partial charge in [-0.25, -0.2) is 4.90 Å². The summed E-state index contributed by atoms with van der Waals surface area (Å²) in [5.74, 6) is -0.514. The number of amides is 2. The second-order valence-corrected chi connectivity index (χ2v) is 6.70. The van der Waals surface area contributed by atoms with Gasteiger partial charge in [0.25, 0.3) is 5.91 Å². The van der Waals surface area contributed by atoms with Crippen LogP contribution in [0.15, 0.2) is 36.4 Å². The molecule has 0 saturated carbocycles. The number of nitrogens with zero attached hydrogens (tertiary/aromatic N) is 1. The van der Waals surface area contributed by atoms with E-state index >= 15 is 0 Å². The first-order valence-electron chi connectivity index (χ1n) is 7.52. The Morgan fingerprint density at radius 3 is 2.46 bits per heavy atom. The lowest BCUT2D eigenvalue weighted by atomic mass is 10.1. The molecule has 1 atom stereocenters. The Labute approximate surface area is 150 Å². The molecule has 2 amide bonds. The van der Waals surface area contributed by atoms with Crippen molar-refractivity contribution < 1.29 is 9.59 Å². The highest BCUT2D eigenvalue weighted by Crippen LogP contribution is 2.30. The van der Waals surface area contributed by atoms with Crippen molar-refractivity contribution in [3.8, 4) is 0 Å². The average molecular weight is 363 g/mol. The quantitative estimate of drug-likeness (QED) is 0.825. The SMILES string of the molecule is Cc1ccc(N2C(=O)C[C@@H](Nc3ccc(Cl)cc3Cl)C2=O)cc1C. The van der Waals surface area contributed by atoms with E-state index in [0.29, 0.717) is 21.4 Å². The number of imide groups is 1. The maximum atomic E-state index is 12.7. The number of halogens is 2. The standard InChI is InChI=1S/C18H16Cl2N2O2/c1-10-3-5-13(7-11(10)2)22-17(23)9-16(18(22)24)21-15-6-4-12(19)8-14(15)20/h3-8,16,21H,9H2,1-2H3/t16-/m1/s1. The zero-order valence-corrected chi connectivity index (χ0v) is 14.8. The summed E-state index contributed by atoms with van der Waals surface area (Å²) in [4.78, 5) is 26.2. The first kappa shape index (κ1) is 16.8. The number of hydrogen-bond acceptors (Lipinski definition) is 3. The summed E-state index contributed by atoms with van der Waals surface area (Å²) in [5, 5.41) is 3.96. The summed E-state index contributed by atoms with van der Waals surface area (Å²) >= 11 is 12.0. The largest absolute Gasteiger partial charge is 0.372 e. The van der Waals surface area contributed by atoms with E-state index in [4.69, 9.17) is 23.2 Å². The van der Waals surface area contributed by atoms with Gasteiger partial charge in [0.1, 0.15) is 6.04 Å². The van der Waals surface area contributed by atoms with E-state index < -0.39 is 6.04 Å². The van der Waals surface area contributed by atoms with Crippen LogP contribution in [-0.2, 0) is 9.59 Å². The van der Waals surface area contributed by atoms with Crippen LogP contribution in [0.3, 0.4) is 0 Å². The van der Waals surface area contributed by atoms with Crippen LogP contribution in [0.1, 0.15) is 17.5 Å². The normalized spacial score (nSPS) is 17.5. The summed E-state index contributed by atoms with van der Waals surface area (Å²) in [5.41, 5.74) is 3.32. The molecule has 24 heavy (non-hydrogen) atoms. The molecular formula is C18H16Cl2N2O2. The zero-order valence-electron chi connectivity index (χ0n) is 13.3. The lowest BCUT2D eigenvalue weighted by Gasteiger charge is -2.17. The molecular weight excluding hydrogens is 347 g/mol. The molecule has 1 aliphatic rings.